The predicted octanol–water partition coefficient (Wildman–Crippen LogP) is 2.64. The number of aromatic nitrogens is 2. The van der Waals surface area contributed by atoms with Gasteiger partial charge in [-0.2, -0.15) is 10.4 Å². The third-order valence-electron chi connectivity index (χ3n) is 4.65. The summed E-state index contributed by atoms with van der Waals surface area (Å²) in [6.45, 7) is 3.50. The minimum absolute atomic E-state index is 0.170. The number of hydrogen-bond acceptors (Lipinski definition) is 4. The van der Waals surface area contributed by atoms with Crippen LogP contribution < -0.4 is 10.6 Å². The molecule has 0 aliphatic carbocycles. The van der Waals surface area contributed by atoms with Gasteiger partial charge in [-0.3, -0.25) is 9.89 Å². The lowest BCUT2D eigenvalue weighted by molar-refractivity contribution is 0.102. The van der Waals surface area contributed by atoms with Crippen molar-refractivity contribution in [1.82, 2.24) is 15.5 Å². The van der Waals surface area contributed by atoms with Crippen molar-refractivity contribution in [3.8, 4) is 6.07 Å². The Morgan fingerprint density at radius 2 is 2.24 bits per heavy atom. The summed E-state index contributed by atoms with van der Waals surface area (Å²) in [5, 5.41) is 23.2. The molecule has 4 rings (SSSR count). The van der Waals surface area contributed by atoms with E-state index in [0.717, 1.165) is 35.0 Å². The molecule has 0 radical (unpaired) electrons. The van der Waals surface area contributed by atoms with Gasteiger partial charge < -0.3 is 10.6 Å². The Morgan fingerprint density at radius 3 is 3.08 bits per heavy atom. The van der Waals surface area contributed by atoms with Crippen LogP contribution in [0.3, 0.4) is 0 Å². The highest BCUT2D eigenvalue weighted by Crippen LogP contribution is 2.25. The van der Waals surface area contributed by atoms with E-state index >= 15 is 0 Å². The SMILES string of the molecule is Cc1cc2c(NC(=O)c3cccc4c3CNCC4)n[nH]c2cc1C#N. The number of nitrogens with zero attached hydrogens (tertiary/aromatic N) is 2. The molecule has 0 unspecified atom stereocenters. The molecule has 1 aromatic heterocycles. The molecular formula is C19H17N5O. The van der Waals surface area contributed by atoms with Crippen LogP contribution in [-0.4, -0.2) is 22.6 Å². The molecule has 0 atom stereocenters. The molecule has 0 spiro atoms. The standard InChI is InChI=1S/C19H17N5O/c1-11-7-15-17(8-13(11)9-20)23-24-18(15)22-19(25)14-4-2-3-12-5-6-21-10-16(12)14/h2-4,7-8,21H,5-6,10H2,1H3,(H2,22,23,24,25). The summed E-state index contributed by atoms with van der Waals surface area (Å²) in [5.74, 6) is 0.310. The van der Waals surface area contributed by atoms with Gasteiger partial charge in [0, 0.05) is 17.5 Å². The molecule has 1 aliphatic heterocycles. The van der Waals surface area contributed by atoms with E-state index in [1.54, 1.807) is 6.07 Å². The van der Waals surface area contributed by atoms with Gasteiger partial charge in [-0.05, 0) is 54.8 Å². The second kappa shape index (κ2) is 6.04. The lowest BCUT2D eigenvalue weighted by Crippen LogP contribution is -2.27. The van der Waals surface area contributed by atoms with Crippen LogP contribution in [0.25, 0.3) is 10.9 Å². The lowest BCUT2D eigenvalue weighted by atomic mass is 9.95. The highest BCUT2D eigenvalue weighted by atomic mass is 16.1. The van der Waals surface area contributed by atoms with Crippen molar-refractivity contribution in [3.05, 3.63) is 58.1 Å². The summed E-state index contributed by atoms with van der Waals surface area (Å²) in [6.07, 6.45) is 0.928. The molecule has 3 aromatic rings. The molecule has 6 nitrogen and oxygen atoms in total. The number of aryl methyl sites for hydroxylation is 1. The van der Waals surface area contributed by atoms with E-state index < -0.39 is 0 Å². The minimum Gasteiger partial charge on any atom is -0.312 e. The van der Waals surface area contributed by atoms with E-state index in [-0.39, 0.29) is 5.91 Å². The van der Waals surface area contributed by atoms with E-state index in [9.17, 15) is 4.79 Å². The fourth-order valence-electron chi connectivity index (χ4n) is 3.29. The third kappa shape index (κ3) is 2.65. The van der Waals surface area contributed by atoms with Gasteiger partial charge >= 0.3 is 0 Å². The molecule has 25 heavy (non-hydrogen) atoms. The first-order valence-electron chi connectivity index (χ1n) is 8.19. The first-order chi connectivity index (χ1) is 12.2. The molecule has 2 aromatic carbocycles. The normalized spacial score (nSPS) is 13.3. The fraction of sp³-hybridized carbons (Fsp3) is 0.211. The van der Waals surface area contributed by atoms with Crippen LogP contribution in [0.15, 0.2) is 30.3 Å². The monoisotopic (exact) mass is 331 g/mol. The van der Waals surface area contributed by atoms with Crippen LogP contribution in [0.2, 0.25) is 0 Å². The second-order valence-electron chi connectivity index (χ2n) is 6.22. The van der Waals surface area contributed by atoms with E-state index in [1.807, 2.05) is 25.1 Å². The van der Waals surface area contributed by atoms with Crippen LogP contribution in [0.5, 0.6) is 0 Å². The number of aromatic amines is 1. The number of amides is 1. The van der Waals surface area contributed by atoms with Crippen molar-refractivity contribution in [3.63, 3.8) is 0 Å². The highest BCUT2D eigenvalue weighted by molar-refractivity contribution is 6.09. The van der Waals surface area contributed by atoms with E-state index in [1.165, 1.54) is 5.56 Å². The van der Waals surface area contributed by atoms with Crippen molar-refractivity contribution >= 4 is 22.6 Å². The maximum Gasteiger partial charge on any atom is 0.257 e. The minimum atomic E-state index is -0.170. The second-order valence-corrected chi connectivity index (χ2v) is 6.22. The van der Waals surface area contributed by atoms with Gasteiger partial charge in [0.15, 0.2) is 5.82 Å². The van der Waals surface area contributed by atoms with Crippen LogP contribution >= 0.6 is 0 Å². The summed E-state index contributed by atoms with van der Waals surface area (Å²) >= 11 is 0. The van der Waals surface area contributed by atoms with Gasteiger partial charge in [0.05, 0.1) is 17.1 Å². The van der Waals surface area contributed by atoms with E-state index in [2.05, 4.69) is 33.0 Å². The smallest absolute Gasteiger partial charge is 0.257 e. The van der Waals surface area contributed by atoms with Crippen LogP contribution in [0, 0.1) is 18.3 Å². The number of nitrogens with one attached hydrogen (secondary N) is 3. The number of rotatable bonds is 2. The van der Waals surface area contributed by atoms with Gasteiger partial charge in [0.1, 0.15) is 0 Å². The van der Waals surface area contributed by atoms with E-state index in [0.29, 0.717) is 23.5 Å². The molecule has 124 valence electrons. The molecule has 0 saturated carbocycles. The molecular weight excluding hydrogens is 314 g/mol. The summed E-state index contributed by atoms with van der Waals surface area (Å²) < 4.78 is 0. The first-order valence-corrected chi connectivity index (χ1v) is 8.19. The highest BCUT2D eigenvalue weighted by Gasteiger charge is 2.19. The third-order valence-corrected chi connectivity index (χ3v) is 4.65. The Bertz CT molecular complexity index is 1030. The van der Waals surface area contributed by atoms with Gasteiger partial charge in [-0.25, -0.2) is 0 Å². The fourth-order valence-corrected chi connectivity index (χ4v) is 3.29. The Morgan fingerprint density at radius 1 is 1.36 bits per heavy atom. The van der Waals surface area contributed by atoms with Crippen molar-refractivity contribution in [1.29, 1.82) is 5.26 Å². The van der Waals surface area contributed by atoms with Gasteiger partial charge in [-0.15, -0.1) is 0 Å². The molecule has 1 aliphatic rings. The summed E-state index contributed by atoms with van der Waals surface area (Å²) in [4.78, 5) is 12.8. The number of anilines is 1. The lowest BCUT2D eigenvalue weighted by Gasteiger charge is -2.19. The maximum atomic E-state index is 12.8. The number of H-pyrrole nitrogens is 1. The zero-order valence-corrected chi connectivity index (χ0v) is 13.8. The summed E-state index contributed by atoms with van der Waals surface area (Å²) in [5.41, 5.74) is 5.12. The number of benzene rings is 2. The van der Waals surface area contributed by atoms with Crippen molar-refractivity contribution in [2.24, 2.45) is 0 Å². The predicted molar refractivity (Wildman–Crippen MR) is 95.4 cm³/mol. The van der Waals surface area contributed by atoms with E-state index in [4.69, 9.17) is 5.26 Å². The van der Waals surface area contributed by atoms with Crippen LogP contribution in [0.1, 0.15) is 32.6 Å². The number of fused-ring (bicyclic) bond motifs is 2. The van der Waals surface area contributed by atoms with Crippen LogP contribution in [0.4, 0.5) is 5.82 Å². The first kappa shape index (κ1) is 15.4. The average molecular weight is 331 g/mol. The molecule has 2 heterocycles. The number of carbonyl (C=O) groups excluding carboxylic acids is 1. The van der Waals surface area contributed by atoms with Crippen molar-refractivity contribution in [2.75, 3.05) is 11.9 Å². The topological polar surface area (TPSA) is 93.6 Å². The van der Waals surface area contributed by atoms with Gasteiger partial charge in [0.2, 0.25) is 0 Å². The Balaban J connectivity index is 1.69. The Kier molecular flexibility index (Phi) is 3.71. The quantitative estimate of drug-likeness (QED) is 0.673. The molecule has 0 bridgehead atoms. The van der Waals surface area contributed by atoms with Crippen LogP contribution in [-0.2, 0) is 13.0 Å². The number of nitriles is 1. The maximum absolute atomic E-state index is 12.8. The zero-order valence-electron chi connectivity index (χ0n) is 13.8. The molecule has 0 saturated heterocycles. The molecule has 1 amide bonds. The van der Waals surface area contributed by atoms with Crippen molar-refractivity contribution in [2.45, 2.75) is 19.9 Å². The van der Waals surface area contributed by atoms with Gasteiger partial charge in [-0.1, -0.05) is 12.1 Å². The average Bonchev–Trinajstić information content (AvgIpc) is 3.02. The zero-order chi connectivity index (χ0) is 17.4. The number of hydrogen-bond donors (Lipinski definition) is 3. The molecule has 3 N–H and O–H groups in total. The Hall–Kier alpha value is -3.17. The largest absolute Gasteiger partial charge is 0.312 e. The van der Waals surface area contributed by atoms with Crippen molar-refractivity contribution < 1.29 is 4.79 Å². The van der Waals surface area contributed by atoms with Gasteiger partial charge in [0.25, 0.3) is 5.91 Å². The summed E-state index contributed by atoms with van der Waals surface area (Å²) in [6, 6.07) is 11.6. The molecule has 6 heteroatoms. The summed E-state index contributed by atoms with van der Waals surface area (Å²) in [7, 11) is 0. The number of carbonyl (C=O) groups is 1. The Labute approximate surface area is 144 Å². The molecule has 0 fully saturated rings.